The van der Waals surface area contributed by atoms with Crippen molar-refractivity contribution >= 4 is 11.8 Å². The first-order valence-electron chi connectivity index (χ1n) is 5.79. The molecule has 2 heteroatoms. The maximum absolute atomic E-state index is 3.62. The van der Waals surface area contributed by atoms with Gasteiger partial charge in [0.15, 0.2) is 0 Å². The van der Waals surface area contributed by atoms with Crippen LogP contribution in [0.15, 0.2) is 35.2 Å². The van der Waals surface area contributed by atoms with Crippen LogP contribution in [0.4, 0.5) is 0 Å². The lowest BCUT2D eigenvalue weighted by atomic mass is 9.93. The zero-order chi connectivity index (χ0) is 10.5. The number of thioether (sulfide) groups is 1. The van der Waals surface area contributed by atoms with Crippen molar-refractivity contribution in [3.05, 3.63) is 30.3 Å². The lowest BCUT2D eigenvalue weighted by Crippen LogP contribution is -2.38. The summed E-state index contributed by atoms with van der Waals surface area (Å²) in [6.07, 6.45) is 4.17. The first-order valence-corrected chi connectivity index (χ1v) is 6.67. The van der Waals surface area contributed by atoms with Crippen molar-refractivity contribution in [2.45, 2.75) is 42.4 Å². The smallest absolute Gasteiger partial charge is 0.0191 e. The average molecular weight is 221 g/mol. The standard InChI is InChI=1S/C13H19NS/c1-11(10-14-12-6-5-7-12)15-13-8-3-2-4-9-13/h2-4,8-9,11-12,14H,5-7,10H2,1H3. The topological polar surface area (TPSA) is 12.0 Å². The largest absolute Gasteiger partial charge is 0.313 e. The van der Waals surface area contributed by atoms with Crippen molar-refractivity contribution in [1.29, 1.82) is 0 Å². The summed E-state index contributed by atoms with van der Waals surface area (Å²) in [6, 6.07) is 11.5. The van der Waals surface area contributed by atoms with Crippen LogP contribution in [0.1, 0.15) is 26.2 Å². The minimum absolute atomic E-state index is 0.660. The second kappa shape index (κ2) is 5.57. The van der Waals surface area contributed by atoms with E-state index in [2.05, 4.69) is 42.6 Å². The van der Waals surface area contributed by atoms with Crippen molar-refractivity contribution in [2.75, 3.05) is 6.54 Å². The van der Waals surface area contributed by atoms with Crippen LogP contribution < -0.4 is 5.32 Å². The average Bonchev–Trinajstić information content (AvgIpc) is 2.17. The van der Waals surface area contributed by atoms with Crippen LogP contribution in [0.5, 0.6) is 0 Å². The molecule has 2 rings (SSSR count). The number of hydrogen-bond acceptors (Lipinski definition) is 2. The van der Waals surface area contributed by atoms with Gasteiger partial charge in [0.05, 0.1) is 0 Å². The molecule has 0 aromatic heterocycles. The quantitative estimate of drug-likeness (QED) is 0.766. The summed E-state index contributed by atoms with van der Waals surface area (Å²) in [4.78, 5) is 1.38. The Morgan fingerprint density at radius 3 is 2.67 bits per heavy atom. The Hall–Kier alpha value is -0.470. The molecular weight excluding hydrogens is 202 g/mol. The minimum atomic E-state index is 0.660. The molecule has 1 aromatic rings. The molecule has 1 unspecified atom stereocenters. The molecular formula is C13H19NS. The van der Waals surface area contributed by atoms with Crippen molar-refractivity contribution in [3.8, 4) is 0 Å². The predicted octanol–water partition coefficient (Wildman–Crippen LogP) is 3.31. The highest BCUT2D eigenvalue weighted by molar-refractivity contribution is 8.00. The molecule has 1 N–H and O–H groups in total. The van der Waals surface area contributed by atoms with E-state index in [4.69, 9.17) is 0 Å². The van der Waals surface area contributed by atoms with E-state index < -0.39 is 0 Å². The number of rotatable bonds is 5. The Morgan fingerprint density at radius 1 is 1.33 bits per heavy atom. The fourth-order valence-corrected chi connectivity index (χ4v) is 2.68. The fourth-order valence-electron chi connectivity index (χ4n) is 1.72. The molecule has 1 aliphatic rings. The van der Waals surface area contributed by atoms with Crippen LogP contribution in [0.25, 0.3) is 0 Å². The van der Waals surface area contributed by atoms with Gasteiger partial charge in [-0.2, -0.15) is 0 Å². The summed E-state index contributed by atoms with van der Waals surface area (Å²) in [5.74, 6) is 0. The van der Waals surface area contributed by atoms with Crippen molar-refractivity contribution in [2.24, 2.45) is 0 Å². The van der Waals surface area contributed by atoms with Crippen LogP contribution in [-0.4, -0.2) is 17.8 Å². The SMILES string of the molecule is CC(CNC1CCC1)Sc1ccccc1. The maximum atomic E-state index is 3.62. The number of nitrogens with one attached hydrogen (secondary N) is 1. The molecule has 0 aliphatic heterocycles. The normalized spacial score (nSPS) is 18.5. The van der Waals surface area contributed by atoms with E-state index in [0.29, 0.717) is 5.25 Å². The Labute approximate surface area is 96.7 Å². The molecule has 1 aromatic carbocycles. The third-order valence-corrected chi connectivity index (χ3v) is 3.99. The van der Waals surface area contributed by atoms with Gasteiger partial charge in [0.2, 0.25) is 0 Å². The fraction of sp³-hybridized carbons (Fsp3) is 0.538. The molecule has 1 saturated carbocycles. The lowest BCUT2D eigenvalue weighted by Gasteiger charge is -2.27. The zero-order valence-corrected chi connectivity index (χ0v) is 10.1. The van der Waals surface area contributed by atoms with Gasteiger partial charge in [-0.25, -0.2) is 0 Å². The van der Waals surface area contributed by atoms with Gasteiger partial charge >= 0.3 is 0 Å². The first-order chi connectivity index (χ1) is 7.34. The molecule has 0 radical (unpaired) electrons. The summed E-state index contributed by atoms with van der Waals surface area (Å²) in [5.41, 5.74) is 0. The summed E-state index contributed by atoms with van der Waals surface area (Å²) < 4.78 is 0. The van der Waals surface area contributed by atoms with Gasteiger partial charge in [-0.15, -0.1) is 11.8 Å². The van der Waals surface area contributed by atoms with Gasteiger partial charge in [-0.3, -0.25) is 0 Å². The van der Waals surface area contributed by atoms with E-state index in [1.165, 1.54) is 24.2 Å². The molecule has 0 saturated heterocycles. The van der Waals surface area contributed by atoms with E-state index >= 15 is 0 Å². The van der Waals surface area contributed by atoms with E-state index in [-0.39, 0.29) is 0 Å². The van der Waals surface area contributed by atoms with Gasteiger partial charge in [0.25, 0.3) is 0 Å². The molecule has 0 amide bonds. The monoisotopic (exact) mass is 221 g/mol. The molecule has 0 spiro atoms. The Kier molecular flexibility index (Phi) is 4.09. The molecule has 0 heterocycles. The molecule has 1 atom stereocenters. The van der Waals surface area contributed by atoms with Gasteiger partial charge in [0.1, 0.15) is 0 Å². The van der Waals surface area contributed by atoms with E-state index in [1.807, 2.05) is 11.8 Å². The summed E-state index contributed by atoms with van der Waals surface area (Å²) in [5, 5.41) is 4.28. The summed E-state index contributed by atoms with van der Waals surface area (Å²) >= 11 is 1.96. The number of benzene rings is 1. The second-order valence-corrected chi connectivity index (χ2v) is 5.79. The first kappa shape index (κ1) is 11.0. The van der Waals surface area contributed by atoms with Crippen molar-refractivity contribution in [3.63, 3.8) is 0 Å². The van der Waals surface area contributed by atoms with Crippen LogP contribution in [0, 0.1) is 0 Å². The Morgan fingerprint density at radius 2 is 2.07 bits per heavy atom. The molecule has 0 bridgehead atoms. The summed E-state index contributed by atoms with van der Waals surface area (Å²) in [6.45, 7) is 3.42. The van der Waals surface area contributed by atoms with E-state index in [1.54, 1.807) is 0 Å². The second-order valence-electron chi connectivity index (χ2n) is 4.28. The van der Waals surface area contributed by atoms with Crippen LogP contribution in [0.3, 0.4) is 0 Å². The zero-order valence-electron chi connectivity index (χ0n) is 9.28. The molecule has 1 aliphatic carbocycles. The van der Waals surface area contributed by atoms with Crippen molar-refractivity contribution in [1.82, 2.24) is 5.32 Å². The van der Waals surface area contributed by atoms with E-state index in [9.17, 15) is 0 Å². The third-order valence-electron chi connectivity index (χ3n) is 2.88. The minimum Gasteiger partial charge on any atom is -0.313 e. The highest BCUT2D eigenvalue weighted by Gasteiger charge is 2.17. The van der Waals surface area contributed by atoms with Gasteiger partial charge in [-0.1, -0.05) is 31.5 Å². The highest BCUT2D eigenvalue weighted by Crippen LogP contribution is 2.23. The lowest BCUT2D eigenvalue weighted by molar-refractivity contribution is 0.342. The van der Waals surface area contributed by atoms with Gasteiger partial charge in [0, 0.05) is 22.7 Å². The summed E-state index contributed by atoms with van der Waals surface area (Å²) in [7, 11) is 0. The molecule has 82 valence electrons. The molecule has 1 fully saturated rings. The third kappa shape index (κ3) is 3.54. The maximum Gasteiger partial charge on any atom is 0.0191 e. The Balaban J connectivity index is 1.69. The predicted molar refractivity (Wildman–Crippen MR) is 67.4 cm³/mol. The van der Waals surface area contributed by atoms with Crippen LogP contribution in [0.2, 0.25) is 0 Å². The van der Waals surface area contributed by atoms with Crippen LogP contribution >= 0.6 is 11.8 Å². The molecule has 15 heavy (non-hydrogen) atoms. The van der Waals surface area contributed by atoms with Gasteiger partial charge < -0.3 is 5.32 Å². The van der Waals surface area contributed by atoms with Crippen LogP contribution in [-0.2, 0) is 0 Å². The Bertz CT molecular complexity index is 282. The molecule has 1 nitrogen and oxygen atoms in total. The van der Waals surface area contributed by atoms with E-state index in [0.717, 1.165) is 12.6 Å². The highest BCUT2D eigenvalue weighted by atomic mass is 32.2. The van der Waals surface area contributed by atoms with Crippen molar-refractivity contribution < 1.29 is 0 Å². The van der Waals surface area contributed by atoms with Gasteiger partial charge in [-0.05, 0) is 25.0 Å². The number of hydrogen-bond donors (Lipinski definition) is 1.